The number of aliphatic hydroxyl groups excluding tert-OH is 1. The molecule has 0 saturated heterocycles. The molecule has 2 N–H and O–H groups in total. The molecule has 1 aromatic heterocycles. The van der Waals surface area contributed by atoms with Crippen LogP contribution in [-0.2, 0) is 4.79 Å². The SMILES string of the molecule is CN1CC(C(=O)O)C(O)c2cc(Br)sc21. The van der Waals surface area contributed by atoms with E-state index in [4.69, 9.17) is 5.11 Å². The number of carboxylic acids is 1. The minimum atomic E-state index is -0.956. The van der Waals surface area contributed by atoms with Crippen LogP contribution in [0.25, 0.3) is 0 Å². The Morgan fingerprint density at radius 1 is 1.73 bits per heavy atom. The predicted molar refractivity (Wildman–Crippen MR) is 61.4 cm³/mol. The van der Waals surface area contributed by atoms with E-state index < -0.39 is 18.0 Å². The fourth-order valence-corrected chi connectivity index (χ4v) is 3.39. The smallest absolute Gasteiger partial charge is 0.311 e. The van der Waals surface area contributed by atoms with Gasteiger partial charge in [0.1, 0.15) is 5.92 Å². The van der Waals surface area contributed by atoms with E-state index >= 15 is 0 Å². The highest BCUT2D eigenvalue weighted by molar-refractivity contribution is 9.11. The topological polar surface area (TPSA) is 60.8 Å². The second-order valence-corrected chi connectivity index (χ2v) is 5.99. The number of nitrogens with zero attached hydrogens (tertiary/aromatic N) is 1. The molecule has 6 heteroatoms. The van der Waals surface area contributed by atoms with Crippen LogP contribution in [-0.4, -0.2) is 29.8 Å². The molecule has 0 fully saturated rings. The van der Waals surface area contributed by atoms with Crippen LogP contribution < -0.4 is 4.90 Å². The van der Waals surface area contributed by atoms with E-state index in [9.17, 15) is 9.90 Å². The monoisotopic (exact) mass is 291 g/mol. The number of aliphatic carboxylic acids is 1. The third-order valence-corrected chi connectivity index (χ3v) is 4.31. The Labute approximate surface area is 99.3 Å². The number of carbonyl (C=O) groups is 1. The van der Waals surface area contributed by atoms with Gasteiger partial charge in [0.2, 0.25) is 0 Å². The van der Waals surface area contributed by atoms with Crippen molar-refractivity contribution in [3.05, 3.63) is 15.4 Å². The molecule has 0 saturated carbocycles. The van der Waals surface area contributed by atoms with Crippen molar-refractivity contribution in [3.63, 3.8) is 0 Å². The summed E-state index contributed by atoms with van der Waals surface area (Å²) in [5.41, 5.74) is 0.702. The number of aliphatic hydroxyl groups is 1. The highest BCUT2D eigenvalue weighted by atomic mass is 79.9. The molecule has 0 aromatic carbocycles. The molecular formula is C9H10BrNO3S. The first-order chi connectivity index (χ1) is 7.00. The van der Waals surface area contributed by atoms with Gasteiger partial charge in [0.15, 0.2) is 0 Å². The fourth-order valence-electron chi connectivity index (χ4n) is 1.78. The molecule has 4 nitrogen and oxygen atoms in total. The van der Waals surface area contributed by atoms with Crippen LogP contribution in [0.1, 0.15) is 11.7 Å². The van der Waals surface area contributed by atoms with E-state index in [-0.39, 0.29) is 0 Å². The van der Waals surface area contributed by atoms with E-state index in [1.165, 1.54) is 11.3 Å². The number of anilines is 1. The van der Waals surface area contributed by atoms with Crippen molar-refractivity contribution >= 4 is 38.2 Å². The lowest BCUT2D eigenvalue weighted by Gasteiger charge is -2.32. The van der Waals surface area contributed by atoms with Crippen molar-refractivity contribution in [2.24, 2.45) is 5.92 Å². The molecule has 0 spiro atoms. The van der Waals surface area contributed by atoms with Crippen LogP contribution in [0.4, 0.5) is 5.00 Å². The molecule has 1 aliphatic heterocycles. The minimum absolute atomic E-state index is 0.344. The van der Waals surface area contributed by atoms with Gasteiger partial charge in [0, 0.05) is 19.2 Å². The summed E-state index contributed by atoms with van der Waals surface area (Å²) in [5.74, 6) is -1.70. The quantitative estimate of drug-likeness (QED) is 0.827. The average molecular weight is 292 g/mol. The van der Waals surface area contributed by atoms with Crippen molar-refractivity contribution in [1.29, 1.82) is 0 Å². The normalized spacial score (nSPS) is 25.1. The molecule has 2 atom stereocenters. The molecule has 0 bridgehead atoms. The van der Waals surface area contributed by atoms with Gasteiger partial charge >= 0.3 is 5.97 Å². The summed E-state index contributed by atoms with van der Waals surface area (Å²) in [7, 11) is 1.84. The van der Waals surface area contributed by atoms with Crippen LogP contribution in [0.5, 0.6) is 0 Å². The van der Waals surface area contributed by atoms with E-state index in [1.807, 2.05) is 11.9 Å². The number of hydrogen-bond acceptors (Lipinski definition) is 4. The summed E-state index contributed by atoms with van der Waals surface area (Å²) < 4.78 is 0.907. The van der Waals surface area contributed by atoms with Crippen LogP contribution in [0, 0.1) is 5.92 Å². The lowest BCUT2D eigenvalue weighted by atomic mass is 9.93. The molecular weight excluding hydrogens is 282 g/mol. The third kappa shape index (κ3) is 1.77. The van der Waals surface area contributed by atoms with Gasteiger partial charge in [-0.25, -0.2) is 0 Å². The van der Waals surface area contributed by atoms with Crippen molar-refractivity contribution in [2.45, 2.75) is 6.10 Å². The summed E-state index contributed by atoms with van der Waals surface area (Å²) in [6, 6.07) is 1.79. The zero-order valence-corrected chi connectivity index (χ0v) is 10.4. The van der Waals surface area contributed by atoms with Crippen molar-refractivity contribution in [2.75, 3.05) is 18.5 Å². The molecule has 82 valence electrons. The molecule has 2 heterocycles. The van der Waals surface area contributed by atoms with Gasteiger partial charge in [-0.3, -0.25) is 4.79 Å². The Kier molecular flexibility index (Phi) is 2.74. The number of hydrogen-bond donors (Lipinski definition) is 2. The van der Waals surface area contributed by atoms with Crippen LogP contribution in [0.15, 0.2) is 9.85 Å². The maximum Gasteiger partial charge on any atom is 0.311 e. The summed E-state index contributed by atoms with van der Waals surface area (Å²) >= 11 is 4.84. The van der Waals surface area contributed by atoms with E-state index in [0.29, 0.717) is 12.1 Å². The van der Waals surface area contributed by atoms with Crippen molar-refractivity contribution in [3.8, 4) is 0 Å². The predicted octanol–water partition coefficient (Wildman–Crippen LogP) is 1.69. The standard InChI is InChI=1S/C9H10BrNO3S/c1-11-3-5(9(13)14)7(12)4-2-6(10)15-8(4)11/h2,5,7,12H,3H2,1H3,(H,13,14). The van der Waals surface area contributed by atoms with Gasteiger partial charge in [-0.05, 0) is 22.0 Å². The van der Waals surface area contributed by atoms with Crippen LogP contribution in [0.3, 0.4) is 0 Å². The van der Waals surface area contributed by atoms with Gasteiger partial charge < -0.3 is 15.1 Å². The maximum absolute atomic E-state index is 10.9. The average Bonchev–Trinajstić information content (AvgIpc) is 2.53. The fraction of sp³-hybridized carbons (Fsp3) is 0.444. The number of thiophene rings is 1. The first kappa shape index (κ1) is 10.9. The molecule has 2 unspecified atom stereocenters. The summed E-state index contributed by atoms with van der Waals surface area (Å²) in [6.45, 7) is 0.344. The molecule has 15 heavy (non-hydrogen) atoms. The zero-order valence-electron chi connectivity index (χ0n) is 7.98. The van der Waals surface area contributed by atoms with Gasteiger partial charge in [-0.15, -0.1) is 11.3 Å². The first-order valence-corrected chi connectivity index (χ1v) is 6.03. The van der Waals surface area contributed by atoms with E-state index in [2.05, 4.69) is 15.9 Å². The molecule has 0 amide bonds. The second kappa shape index (κ2) is 3.77. The lowest BCUT2D eigenvalue weighted by molar-refractivity contribution is -0.145. The molecule has 1 aromatic rings. The Hall–Kier alpha value is -0.590. The number of halogens is 1. The van der Waals surface area contributed by atoms with Gasteiger partial charge in [-0.1, -0.05) is 0 Å². The van der Waals surface area contributed by atoms with Gasteiger partial charge in [0.05, 0.1) is 14.9 Å². The summed E-state index contributed by atoms with van der Waals surface area (Å²) in [4.78, 5) is 12.8. The molecule has 2 rings (SSSR count). The molecule has 0 aliphatic carbocycles. The number of rotatable bonds is 1. The Bertz CT molecular complexity index is 406. The van der Waals surface area contributed by atoms with E-state index in [1.54, 1.807) is 6.07 Å². The minimum Gasteiger partial charge on any atom is -0.481 e. The first-order valence-electron chi connectivity index (χ1n) is 4.42. The highest BCUT2D eigenvalue weighted by Crippen LogP contribution is 2.43. The Balaban J connectivity index is 2.43. The Morgan fingerprint density at radius 2 is 2.40 bits per heavy atom. The number of fused-ring (bicyclic) bond motifs is 1. The van der Waals surface area contributed by atoms with Gasteiger partial charge in [0.25, 0.3) is 0 Å². The largest absolute Gasteiger partial charge is 0.481 e. The van der Waals surface area contributed by atoms with E-state index in [0.717, 1.165) is 8.79 Å². The van der Waals surface area contributed by atoms with Crippen LogP contribution in [0.2, 0.25) is 0 Å². The molecule has 0 radical (unpaired) electrons. The van der Waals surface area contributed by atoms with Gasteiger partial charge in [-0.2, -0.15) is 0 Å². The lowest BCUT2D eigenvalue weighted by Crippen LogP contribution is -2.38. The number of carboxylic acid groups (broad SMARTS) is 1. The molecule has 1 aliphatic rings. The summed E-state index contributed by atoms with van der Waals surface area (Å²) in [5, 5.41) is 19.8. The van der Waals surface area contributed by atoms with Crippen molar-refractivity contribution < 1.29 is 15.0 Å². The highest BCUT2D eigenvalue weighted by Gasteiger charge is 2.36. The van der Waals surface area contributed by atoms with Crippen LogP contribution >= 0.6 is 27.3 Å². The van der Waals surface area contributed by atoms with Crippen molar-refractivity contribution in [1.82, 2.24) is 0 Å². The summed E-state index contributed by atoms with van der Waals surface area (Å²) in [6.07, 6.45) is -0.906. The second-order valence-electron chi connectivity index (χ2n) is 3.58. The maximum atomic E-state index is 10.9. The Morgan fingerprint density at radius 3 is 3.00 bits per heavy atom. The zero-order chi connectivity index (χ0) is 11.2. The third-order valence-electron chi connectivity index (χ3n) is 2.54.